The smallest absolute Gasteiger partial charge is 0.191 e. The second-order valence-corrected chi connectivity index (χ2v) is 6.26. The Hall–Kier alpha value is -1.68. The molecule has 0 spiro atoms. The second-order valence-electron chi connectivity index (χ2n) is 5.35. The van der Waals surface area contributed by atoms with Crippen LogP contribution in [0.15, 0.2) is 51.9 Å². The molecule has 8 heteroatoms. The van der Waals surface area contributed by atoms with Crippen LogP contribution >= 0.6 is 39.9 Å². The van der Waals surface area contributed by atoms with Gasteiger partial charge in [-0.2, -0.15) is 0 Å². The Labute approximate surface area is 185 Å². The van der Waals surface area contributed by atoms with E-state index >= 15 is 0 Å². The normalized spacial score (nSPS) is 10.6. The van der Waals surface area contributed by atoms with Gasteiger partial charge in [0.25, 0.3) is 0 Å². The summed E-state index contributed by atoms with van der Waals surface area (Å²) in [5, 5.41) is 6.48. The highest BCUT2D eigenvalue weighted by Gasteiger charge is 2.05. The molecule has 148 valence electrons. The van der Waals surface area contributed by atoms with E-state index in [-0.39, 0.29) is 24.0 Å². The second kappa shape index (κ2) is 12.7. The van der Waals surface area contributed by atoms with Crippen LogP contribution in [0.25, 0.3) is 0 Å². The van der Waals surface area contributed by atoms with Crippen molar-refractivity contribution in [3.8, 4) is 17.2 Å². The standard InChI is InChI=1S/C19H24BrN3O3.HI/c1-21-19(22-9-10-26-16-6-4-5-15(20)12-16)23-13-14-7-8-17(24-2)18(11-14)25-3;/h4-8,11-12H,9-10,13H2,1-3H3,(H2,21,22,23);1H. The third-order valence-corrected chi connectivity index (χ3v) is 4.08. The maximum atomic E-state index is 5.69. The van der Waals surface area contributed by atoms with Crippen LogP contribution in [-0.2, 0) is 6.54 Å². The average Bonchev–Trinajstić information content (AvgIpc) is 2.67. The number of methoxy groups -OCH3 is 2. The molecule has 0 aliphatic carbocycles. The van der Waals surface area contributed by atoms with Crippen molar-refractivity contribution in [3.63, 3.8) is 0 Å². The van der Waals surface area contributed by atoms with Gasteiger partial charge in [0.1, 0.15) is 12.4 Å². The molecule has 2 rings (SSSR count). The Morgan fingerprint density at radius 1 is 1.04 bits per heavy atom. The van der Waals surface area contributed by atoms with Crippen molar-refractivity contribution < 1.29 is 14.2 Å². The molecule has 0 amide bonds. The molecule has 2 N–H and O–H groups in total. The fraction of sp³-hybridized carbons (Fsp3) is 0.316. The predicted molar refractivity (Wildman–Crippen MR) is 123 cm³/mol. The lowest BCUT2D eigenvalue weighted by molar-refractivity contribution is 0.321. The summed E-state index contributed by atoms with van der Waals surface area (Å²) in [6.45, 7) is 1.79. The van der Waals surface area contributed by atoms with E-state index in [9.17, 15) is 0 Å². The molecule has 6 nitrogen and oxygen atoms in total. The van der Waals surface area contributed by atoms with Gasteiger partial charge in [0.2, 0.25) is 0 Å². The third-order valence-electron chi connectivity index (χ3n) is 3.59. The van der Waals surface area contributed by atoms with Gasteiger partial charge in [-0.15, -0.1) is 24.0 Å². The van der Waals surface area contributed by atoms with E-state index in [4.69, 9.17) is 14.2 Å². The van der Waals surface area contributed by atoms with E-state index in [0.717, 1.165) is 15.8 Å². The van der Waals surface area contributed by atoms with E-state index in [1.54, 1.807) is 21.3 Å². The number of aliphatic imine (C=N–C) groups is 1. The van der Waals surface area contributed by atoms with E-state index < -0.39 is 0 Å². The quantitative estimate of drug-likeness (QED) is 0.227. The van der Waals surface area contributed by atoms with Crippen molar-refractivity contribution in [2.45, 2.75) is 6.54 Å². The Bertz CT molecular complexity index is 744. The minimum absolute atomic E-state index is 0. The summed E-state index contributed by atoms with van der Waals surface area (Å²) in [6.07, 6.45) is 0. The molecule has 0 aliphatic heterocycles. The maximum absolute atomic E-state index is 5.69. The van der Waals surface area contributed by atoms with Gasteiger partial charge in [0.15, 0.2) is 17.5 Å². The van der Waals surface area contributed by atoms with Gasteiger partial charge in [-0.1, -0.05) is 28.1 Å². The summed E-state index contributed by atoms with van der Waals surface area (Å²) in [5.41, 5.74) is 1.07. The number of guanidine groups is 1. The number of nitrogens with zero attached hydrogens (tertiary/aromatic N) is 1. The van der Waals surface area contributed by atoms with E-state index in [1.165, 1.54) is 0 Å². The predicted octanol–water partition coefficient (Wildman–Crippen LogP) is 3.83. The molecule has 2 aromatic rings. The number of hydrogen-bond acceptors (Lipinski definition) is 4. The Morgan fingerprint density at radius 2 is 1.81 bits per heavy atom. The van der Waals surface area contributed by atoms with Crippen molar-refractivity contribution in [1.29, 1.82) is 0 Å². The highest BCUT2D eigenvalue weighted by molar-refractivity contribution is 14.0. The number of rotatable bonds is 8. The Kier molecular flexibility index (Phi) is 11.0. The SMILES string of the molecule is CN=C(NCCOc1cccc(Br)c1)NCc1ccc(OC)c(OC)c1.I. The van der Waals surface area contributed by atoms with Crippen molar-refractivity contribution in [2.24, 2.45) is 4.99 Å². The summed E-state index contributed by atoms with van der Waals surface area (Å²) < 4.78 is 17.3. The minimum Gasteiger partial charge on any atom is -0.493 e. The Morgan fingerprint density at radius 3 is 2.48 bits per heavy atom. The van der Waals surface area contributed by atoms with Crippen molar-refractivity contribution in [2.75, 3.05) is 34.4 Å². The van der Waals surface area contributed by atoms with E-state index in [2.05, 4.69) is 31.6 Å². The van der Waals surface area contributed by atoms with Gasteiger partial charge in [-0.3, -0.25) is 4.99 Å². The highest BCUT2D eigenvalue weighted by atomic mass is 127. The minimum atomic E-state index is 0. The van der Waals surface area contributed by atoms with Gasteiger partial charge in [-0.05, 0) is 35.9 Å². The Balaban J connectivity index is 0.00000364. The largest absolute Gasteiger partial charge is 0.493 e. The van der Waals surface area contributed by atoms with Crippen LogP contribution in [0.2, 0.25) is 0 Å². The molecule has 27 heavy (non-hydrogen) atoms. The maximum Gasteiger partial charge on any atom is 0.191 e. The van der Waals surface area contributed by atoms with Gasteiger partial charge in [0, 0.05) is 18.1 Å². The zero-order valence-electron chi connectivity index (χ0n) is 15.6. The molecule has 0 fully saturated rings. The topological polar surface area (TPSA) is 64.1 Å². The zero-order chi connectivity index (χ0) is 18.8. The first-order valence-corrected chi connectivity index (χ1v) is 8.99. The van der Waals surface area contributed by atoms with Gasteiger partial charge < -0.3 is 24.8 Å². The number of benzene rings is 2. The van der Waals surface area contributed by atoms with E-state index in [1.807, 2.05) is 42.5 Å². The van der Waals surface area contributed by atoms with Crippen LogP contribution in [0.4, 0.5) is 0 Å². The number of nitrogens with one attached hydrogen (secondary N) is 2. The third kappa shape index (κ3) is 7.84. The van der Waals surface area contributed by atoms with Gasteiger partial charge in [-0.25, -0.2) is 0 Å². The van der Waals surface area contributed by atoms with Crippen LogP contribution in [0, 0.1) is 0 Å². The van der Waals surface area contributed by atoms with Crippen molar-refractivity contribution in [1.82, 2.24) is 10.6 Å². The molecule has 0 aliphatic rings. The number of hydrogen-bond donors (Lipinski definition) is 2. The molecular formula is C19H25BrIN3O3. The molecule has 0 radical (unpaired) electrons. The molecule has 0 saturated carbocycles. The van der Waals surface area contributed by atoms with Crippen molar-refractivity contribution >= 4 is 45.9 Å². The highest BCUT2D eigenvalue weighted by Crippen LogP contribution is 2.27. The van der Waals surface area contributed by atoms with Crippen LogP contribution in [0.1, 0.15) is 5.56 Å². The molecule has 0 aromatic heterocycles. The summed E-state index contributed by atoms with van der Waals surface area (Å²) >= 11 is 3.43. The first-order valence-electron chi connectivity index (χ1n) is 8.20. The first-order chi connectivity index (χ1) is 12.7. The van der Waals surface area contributed by atoms with Crippen LogP contribution in [0.5, 0.6) is 17.2 Å². The number of halogens is 2. The fourth-order valence-electron chi connectivity index (χ4n) is 2.29. The van der Waals surface area contributed by atoms with Crippen molar-refractivity contribution in [3.05, 3.63) is 52.5 Å². The van der Waals surface area contributed by atoms with Gasteiger partial charge >= 0.3 is 0 Å². The summed E-state index contributed by atoms with van der Waals surface area (Å²) in [5.74, 6) is 2.95. The molecule has 0 bridgehead atoms. The van der Waals surface area contributed by atoms with Crippen LogP contribution in [0.3, 0.4) is 0 Å². The summed E-state index contributed by atoms with van der Waals surface area (Å²) in [6, 6.07) is 13.6. The van der Waals surface area contributed by atoms with E-state index in [0.29, 0.717) is 37.2 Å². The van der Waals surface area contributed by atoms with Crippen LogP contribution in [-0.4, -0.2) is 40.4 Å². The molecule has 0 heterocycles. The summed E-state index contributed by atoms with van der Waals surface area (Å²) in [7, 11) is 4.98. The van der Waals surface area contributed by atoms with Gasteiger partial charge in [0.05, 0.1) is 20.8 Å². The number of ether oxygens (including phenoxy) is 3. The zero-order valence-corrected chi connectivity index (χ0v) is 19.5. The lowest BCUT2D eigenvalue weighted by atomic mass is 10.2. The average molecular weight is 550 g/mol. The lowest BCUT2D eigenvalue weighted by Gasteiger charge is -2.14. The fourth-order valence-corrected chi connectivity index (χ4v) is 2.67. The molecule has 0 atom stereocenters. The molecule has 2 aromatic carbocycles. The summed E-state index contributed by atoms with van der Waals surface area (Å²) in [4.78, 5) is 4.21. The molecule has 0 unspecified atom stereocenters. The lowest BCUT2D eigenvalue weighted by Crippen LogP contribution is -2.38. The first kappa shape index (κ1) is 23.4. The molecular weight excluding hydrogens is 525 g/mol. The monoisotopic (exact) mass is 549 g/mol. The van der Waals surface area contributed by atoms with Crippen LogP contribution < -0.4 is 24.8 Å². The molecule has 0 saturated heterocycles.